The summed E-state index contributed by atoms with van der Waals surface area (Å²) in [6.45, 7) is 7.12. The van der Waals surface area contributed by atoms with Crippen LogP contribution >= 0.6 is 0 Å². The lowest BCUT2D eigenvalue weighted by molar-refractivity contribution is -0.127. The molecular weight excluding hydrogens is 466 g/mol. The zero-order valence-corrected chi connectivity index (χ0v) is 21.1. The Morgan fingerprint density at radius 1 is 0.943 bits per heavy atom. The molecule has 0 spiro atoms. The molecule has 1 atom stereocenters. The van der Waals surface area contributed by atoms with E-state index in [1.165, 1.54) is 23.3 Å². The average molecular weight is 498 g/mol. The monoisotopic (exact) mass is 497 g/mol. The van der Waals surface area contributed by atoms with Crippen LogP contribution in [-0.2, 0) is 26.2 Å². The van der Waals surface area contributed by atoms with Crippen molar-refractivity contribution in [3.05, 3.63) is 83.8 Å². The summed E-state index contributed by atoms with van der Waals surface area (Å²) < 4.78 is 33.2. The molecule has 1 aromatic heterocycles. The third kappa shape index (κ3) is 6.80. The van der Waals surface area contributed by atoms with Gasteiger partial charge in [0.15, 0.2) is 0 Å². The maximum Gasteiger partial charge on any atom is 0.243 e. The molecule has 0 aliphatic carbocycles. The van der Waals surface area contributed by atoms with Crippen LogP contribution in [0.3, 0.4) is 0 Å². The fourth-order valence-electron chi connectivity index (χ4n) is 3.62. The number of benzene rings is 2. The van der Waals surface area contributed by atoms with Crippen molar-refractivity contribution in [2.45, 2.75) is 45.2 Å². The van der Waals surface area contributed by atoms with E-state index < -0.39 is 28.5 Å². The number of hydrogen-bond donors (Lipinski definition) is 2. The molecule has 8 nitrogen and oxygen atoms in total. The Labute approximate surface area is 206 Å². The van der Waals surface area contributed by atoms with Crippen molar-refractivity contribution in [3.8, 4) is 0 Å². The molecular formula is C26H31N3O5S. The predicted molar refractivity (Wildman–Crippen MR) is 134 cm³/mol. The summed E-state index contributed by atoms with van der Waals surface area (Å²) in [5, 5.41) is 2.82. The van der Waals surface area contributed by atoms with Gasteiger partial charge in [0.05, 0.1) is 24.2 Å². The second-order valence-electron chi connectivity index (χ2n) is 8.72. The van der Waals surface area contributed by atoms with Crippen LogP contribution in [0.15, 0.2) is 76.2 Å². The molecule has 35 heavy (non-hydrogen) atoms. The minimum atomic E-state index is -3.91. The van der Waals surface area contributed by atoms with E-state index in [2.05, 4.69) is 10.0 Å². The van der Waals surface area contributed by atoms with Gasteiger partial charge >= 0.3 is 0 Å². The summed E-state index contributed by atoms with van der Waals surface area (Å²) in [5.41, 5.74) is 2.41. The van der Waals surface area contributed by atoms with Gasteiger partial charge in [-0.3, -0.25) is 14.5 Å². The van der Waals surface area contributed by atoms with Gasteiger partial charge in [0.25, 0.3) is 0 Å². The Morgan fingerprint density at radius 2 is 1.54 bits per heavy atom. The SMILES string of the molecule is Cc1ccc(N(C(=O)CNS(=O)(=O)c2ccc(C)cc2)[C@@H](C(=O)NCc2ccco2)C(C)C)cc1. The van der Waals surface area contributed by atoms with E-state index in [1.54, 1.807) is 36.4 Å². The number of carbonyl (C=O) groups excluding carboxylic acids is 2. The maximum atomic E-state index is 13.4. The molecule has 9 heteroatoms. The number of carbonyl (C=O) groups is 2. The maximum absolute atomic E-state index is 13.4. The number of furan rings is 1. The van der Waals surface area contributed by atoms with E-state index >= 15 is 0 Å². The second-order valence-corrected chi connectivity index (χ2v) is 10.5. The van der Waals surface area contributed by atoms with Crippen molar-refractivity contribution in [2.75, 3.05) is 11.4 Å². The number of hydrogen-bond acceptors (Lipinski definition) is 5. The van der Waals surface area contributed by atoms with Crippen molar-refractivity contribution in [1.29, 1.82) is 0 Å². The molecule has 2 aromatic carbocycles. The van der Waals surface area contributed by atoms with Crippen LogP contribution in [0.2, 0.25) is 0 Å². The van der Waals surface area contributed by atoms with Crippen molar-refractivity contribution in [1.82, 2.24) is 10.0 Å². The largest absolute Gasteiger partial charge is 0.467 e. The molecule has 0 bridgehead atoms. The number of aryl methyl sites for hydroxylation is 2. The highest BCUT2D eigenvalue weighted by molar-refractivity contribution is 7.89. The lowest BCUT2D eigenvalue weighted by atomic mass is 10.00. The topological polar surface area (TPSA) is 109 Å². The van der Waals surface area contributed by atoms with E-state index in [0.717, 1.165) is 11.1 Å². The molecule has 3 rings (SSSR count). The first kappa shape index (κ1) is 26.2. The van der Waals surface area contributed by atoms with Gasteiger partial charge in [0, 0.05) is 5.69 Å². The van der Waals surface area contributed by atoms with Crippen LogP contribution in [0.4, 0.5) is 5.69 Å². The normalized spacial score (nSPS) is 12.4. The van der Waals surface area contributed by atoms with Gasteiger partial charge in [-0.2, -0.15) is 0 Å². The highest BCUT2D eigenvalue weighted by atomic mass is 32.2. The van der Waals surface area contributed by atoms with E-state index in [4.69, 9.17) is 4.42 Å². The van der Waals surface area contributed by atoms with Gasteiger partial charge in [-0.05, 0) is 56.2 Å². The van der Waals surface area contributed by atoms with Crippen LogP contribution < -0.4 is 14.9 Å². The Kier molecular flexibility index (Phi) is 8.48. The Morgan fingerprint density at radius 3 is 2.09 bits per heavy atom. The third-order valence-electron chi connectivity index (χ3n) is 5.52. The van der Waals surface area contributed by atoms with Gasteiger partial charge in [-0.25, -0.2) is 13.1 Å². The zero-order valence-electron chi connectivity index (χ0n) is 20.3. The number of amides is 2. The summed E-state index contributed by atoms with van der Waals surface area (Å²) in [7, 11) is -3.91. The van der Waals surface area contributed by atoms with Crippen LogP contribution in [0, 0.1) is 19.8 Å². The average Bonchev–Trinajstić information content (AvgIpc) is 3.34. The number of rotatable bonds is 10. The van der Waals surface area contributed by atoms with Crippen molar-refractivity contribution >= 4 is 27.5 Å². The van der Waals surface area contributed by atoms with E-state index in [-0.39, 0.29) is 23.3 Å². The number of nitrogens with one attached hydrogen (secondary N) is 2. The van der Waals surface area contributed by atoms with Crippen molar-refractivity contribution in [2.24, 2.45) is 5.92 Å². The number of anilines is 1. The molecule has 186 valence electrons. The first-order valence-corrected chi connectivity index (χ1v) is 12.8. The molecule has 0 aliphatic rings. The first-order valence-electron chi connectivity index (χ1n) is 11.3. The summed E-state index contributed by atoms with van der Waals surface area (Å²) in [4.78, 5) is 28.1. The molecule has 0 aliphatic heterocycles. The molecule has 2 amide bonds. The lowest BCUT2D eigenvalue weighted by Gasteiger charge is -2.33. The van der Waals surface area contributed by atoms with Gasteiger partial charge in [-0.15, -0.1) is 0 Å². The van der Waals surface area contributed by atoms with Crippen molar-refractivity contribution in [3.63, 3.8) is 0 Å². The Hall–Kier alpha value is -3.43. The minimum Gasteiger partial charge on any atom is -0.467 e. The van der Waals surface area contributed by atoms with Gasteiger partial charge < -0.3 is 9.73 Å². The molecule has 0 saturated heterocycles. The third-order valence-corrected chi connectivity index (χ3v) is 6.94. The summed E-state index contributed by atoms with van der Waals surface area (Å²) in [5.74, 6) is -0.589. The molecule has 0 unspecified atom stereocenters. The molecule has 2 N–H and O–H groups in total. The zero-order chi connectivity index (χ0) is 25.6. The van der Waals surface area contributed by atoms with Gasteiger partial charge in [-0.1, -0.05) is 49.2 Å². The number of sulfonamides is 1. The van der Waals surface area contributed by atoms with Crippen LogP contribution in [0.25, 0.3) is 0 Å². The number of nitrogens with zero attached hydrogens (tertiary/aromatic N) is 1. The summed E-state index contributed by atoms with van der Waals surface area (Å²) in [6, 6.07) is 16.1. The highest BCUT2D eigenvalue weighted by Crippen LogP contribution is 2.23. The molecule has 0 saturated carbocycles. The molecule has 0 radical (unpaired) electrons. The summed E-state index contributed by atoms with van der Waals surface area (Å²) in [6.07, 6.45) is 1.52. The molecule has 1 heterocycles. The summed E-state index contributed by atoms with van der Waals surface area (Å²) >= 11 is 0. The quantitative estimate of drug-likeness (QED) is 0.445. The second kappa shape index (κ2) is 11.3. The fraction of sp³-hybridized carbons (Fsp3) is 0.308. The standard InChI is InChI=1S/C26H31N3O5S/c1-18(2)25(26(31)27-16-22-6-5-15-34-22)29(21-11-7-19(3)8-12-21)24(30)17-28-35(32,33)23-13-9-20(4)10-14-23/h5-15,18,25,28H,16-17H2,1-4H3,(H,27,31)/t25-/m1/s1. The predicted octanol–water partition coefficient (Wildman–Crippen LogP) is 3.55. The Balaban J connectivity index is 1.85. The van der Waals surface area contributed by atoms with Crippen molar-refractivity contribution < 1.29 is 22.4 Å². The highest BCUT2D eigenvalue weighted by Gasteiger charge is 2.34. The van der Waals surface area contributed by atoms with Crippen LogP contribution in [-0.4, -0.2) is 32.8 Å². The van der Waals surface area contributed by atoms with Crippen LogP contribution in [0.1, 0.15) is 30.7 Å². The molecule has 3 aromatic rings. The molecule has 0 fully saturated rings. The van der Waals surface area contributed by atoms with E-state index in [9.17, 15) is 18.0 Å². The minimum absolute atomic E-state index is 0.0642. The smallest absolute Gasteiger partial charge is 0.243 e. The van der Waals surface area contributed by atoms with E-state index in [1.807, 2.05) is 39.8 Å². The lowest BCUT2D eigenvalue weighted by Crippen LogP contribution is -2.54. The first-order chi connectivity index (χ1) is 16.6. The van der Waals surface area contributed by atoms with Gasteiger partial charge in [0.1, 0.15) is 11.8 Å². The van der Waals surface area contributed by atoms with Crippen LogP contribution in [0.5, 0.6) is 0 Å². The van der Waals surface area contributed by atoms with E-state index in [0.29, 0.717) is 11.4 Å². The van der Waals surface area contributed by atoms with Gasteiger partial charge in [0.2, 0.25) is 21.8 Å². The Bertz CT molecular complexity index is 1240. The fourth-order valence-corrected chi connectivity index (χ4v) is 4.59.